The first-order valence-electron chi connectivity index (χ1n) is 13.1. The smallest absolute Gasteiger partial charge is 0.252 e. The minimum absolute atomic E-state index is 0.107. The van der Waals surface area contributed by atoms with Crippen LogP contribution >= 0.6 is 15.9 Å². The molecule has 3 aliphatic rings. The Morgan fingerprint density at radius 2 is 1.28 bits per heavy atom. The number of rotatable bonds is 4. The van der Waals surface area contributed by atoms with Gasteiger partial charge in [0, 0.05) is 0 Å². The van der Waals surface area contributed by atoms with Crippen molar-refractivity contribution in [1.29, 1.82) is 0 Å². The van der Waals surface area contributed by atoms with E-state index in [1.165, 1.54) is 4.90 Å². The van der Waals surface area contributed by atoms with Crippen LogP contribution in [0.1, 0.15) is 45.7 Å². The monoisotopic (exact) mass is 583 g/mol. The fourth-order valence-electron chi connectivity index (χ4n) is 7.06. The molecule has 198 valence electrons. The Labute approximate surface area is 237 Å². The molecule has 0 aromatic heterocycles. The molecular weight excluding hydrogens is 554 g/mol. The molecule has 0 N–H and O–H groups in total. The van der Waals surface area contributed by atoms with Crippen molar-refractivity contribution in [3.8, 4) is 5.75 Å². The van der Waals surface area contributed by atoms with E-state index in [1.54, 1.807) is 24.3 Å². The number of benzene rings is 3. The maximum absolute atomic E-state index is 14.5. The number of carbonyl (C=O) groups is 3. The summed E-state index contributed by atoms with van der Waals surface area (Å²) in [6, 6.07) is 26.5. The fourth-order valence-corrected chi connectivity index (χ4v) is 8.27. The summed E-state index contributed by atoms with van der Waals surface area (Å²) in [7, 11) is 0. The molecule has 1 aliphatic heterocycles. The molecule has 5 nitrogen and oxygen atoms in total. The number of anilines is 1. The maximum Gasteiger partial charge on any atom is 0.252 e. The van der Waals surface area contributed by atoms with Crippen LogP contribution in [0.3, 0.4) is 0 Å². The van der Waals surface area contributed by atoms with Gasteiger partial charge in [-0.2, -0.15) is 0 Å². The highest BCUT2D eigenvalue weighted by Gasteiger charge is 2.85. The van der Waals surface area contributed by atoms with Crippen LogP contribution in [-0.2, 0) is 14.4 Å². The molecule has 4 unspecified atom stereocenters. The van der Waals surface area contributed by atoms with E-state index < -0.39 is 27.0 Å². The molecule has 2 fully saturated rings. The highest BCUT2D eigenvalue weighted by molar-refractivity contribution is 9.10. The van der Waals surface area contributed by atoms with Gasteiger partial charge < -0.3 is 4.74 Å². The van der Waals surface area contributed by atoms with Crippen LogP contribution in [0, 0.1) is 16.7 Å². The van der Waals surface area contributed by atoms with Gasteiger partial charge in [-0.05, 0) is 81.2 Å². The molecule has 2 bridgehead atoms. The Hall–Kier alpha value is -3.51. The van der Waals surface area contributed by atoms with E-state index in [4.69, 9.17) is 4.74 Å². The molecule has 1 saturated heterocycles. The number of hydrogen-bond donors (Lipinski definition) is 0. The van der Waals surface area contributed by atoms with Crippen LogP contribution in [0.25, 0.3) is 11.1 Å². The summed E-state index contributed by atoms with van der Waals surface area (Å²) in [5.74, 6) is -1.15. The number of halogens is 1. The number of Topliss-reactive ketones (excluding diaryl/α,β-unsaturated/α-hetero) is 1. The molecule has 0 radical (unpaired) electrons. The molecule has 4 atom stereocenters. The van der Waals surface area contributed by atoms with Crippen molar-refractivity contribution in [2.24, 2.45) is 16.7 Å². The van der Waals surface area contributed by atoms with Crippen molar-refractivity contribution in [3.63, 3.8) is 0 Å². The molecule has 6 rings (SSSR count). The predicted octanol–water partition coefficient (Wildman–Crippen LogP) is 6.71. The van der Waals surface area contributed by atoms with Crippen LogP contribution in [0.4, 0.5) is 5.69 Å². The average molecular weight is 585 g/mol. The van der Waals surface area contributed by atoms with E-state index in [0.29, 0.717) is 11.4 Å². The van der Waals surface area contributed by atoms with E-state index >= 15 is 0 Å². The van der Waals surface area contributed by atoms with Gasteiger partial charge in [-0.25, -0.2) is 4.90 Å². The van der Waals surface area contributed by atoms with Gasteiger partial charge in [-0.3, -0.25) is 14.4 Å². The summed E-state index contributed by atoms with van der Waals surface area (Å²) < 4.78 is 4.51. The molecule has 2 aliphatic carbocycles. The minimum atomic E-state index is -1.42. The number of imide groups is 1. The lowest BCUT2D eigenvalue weighted by atomic mass is 9.63. The first kappa shape index (κ1) is 25.8. The van der Waals surface area contributed by atoms with Gasteiger partial charge in [0.15, 0.2) is 5.78 Å². The lowest BCUT2D eigenvalue weighted by Crippen LogP contribution is -2.50. The summed E-state index contributed by atoms with van der Waals surface area (Å²) in [4.78, 5) is 44.4. The van der Waals surface area contributed by atoms with Crippen LogP contribution in [0.2, 0.25) is 0 Å². The van der Waals surface area contributed by atoms with Gasteiger partial charge in [0.1, 0.15) is 15.7 Å². The highest BCUT2D eigenvalue weighted by Crippen LogP contribution is 2.77. The summed E-state index contributed by atoms with van der Waals surface area (Å²) in [6.07, 6.45) is 0. The molecule has 3 aromatic rings. The van der Waals surface area contributed by atoms with Crippen molar-refractivity contribution < 1.29 is 19.1 Å². The normalized spacial score (nSPS) is 29.8. The fraction of sp³-hybridized carbons (Fsp3) is 0.303. The third-order valence-electron chi connectivity index (χ3n) is 8.52. The molecule has 6 heteroatoms. The Morgan fingerprint density at radius 3 is 1.79 bits per heavy atom. The van der Waals surface area contributed by atoms with Crippen LogP contribution in [-0.4, -0.2) is 27.5 Å². The number of nitrogens with zero attached hydrogens (tertiary/aromatic N) is 1. The Kier molecular flexibility index (Phi) is 5.45. The first-order chi connectivity index (χ1) is 18.4. The van der Waals surface area contributed by atoms with Gasteiger partial charge in [0.05, 0.1) is 22.4 Å². The molecule has 3 aromatic carbocycles. The van der Waals surface area contributed by atoms with Crippen molar-refractivity contribution in [2.45, 2.75) is 44.5 Å². The third kappa shape index (κ3) is 3.21. The van der Waals surface area contributed by atoms with Gasteiger partial charge in [0.2, 0.25) is 5.91 Å². The van der Waals surface area contributed by atoms with Crippen molar-refractivity contribution in [3.05, 3.63) is 96.1 Å². The van der Waals surface area contributed by atoms with Crippen molar-refractivity contribution in [2.75, 3.05) is 4.90 Å². The number of allylic oxidation sites excluding steroid dienone is 2. The van der Waals surface area contributed by atoms with Crippen LogP contribution in [0.15, 0.2) is 84.9 Å². The summed E-state index contributed by atoms with van der Waals surface area (Å²) in [6.45, 7) is 9.55. The summed E-state index contributed by atoms with van der Waals surface area (Å²) in [5.41, 5.74) is 0.973. The van der Waals surface area contributed by atoms with Gasteiger partial charge in [-0.15, -0.1) is 0 Å². The standard InChI is InChI=1S/C33H30BrNO4/c1-30(2,3)39-23-18-16-22(17-19-23)35-27(36)26-31(4)24(20-12-8-6-9-13-20)25(21-14-10-7-11-15-21)32(5,28(31)37)33(26,34)29(35)38/h6-19,26H,1-5H3. The number of alkyl halides is 1. The summed E-state index contributed by atoms with van der Waals surface area (Å²) >= 11 is 3.81. The largest absolute Gasteiger partial charge is 0.488 e. The minimum Gasteiger partial charge on any atom is -0.488 e. The summed E-state index contributed by atoms with van der Waals surface area (Å²) in [5, 5.41) is 0. The second-order valence-electron chi connectivity index (χ2n) is 12.0. The number of fused-ring (bicyclic) bond motifs is 5. The zero-order valence-electron chi connectivity index (χ0n) is 22.6. The molecule has 0 spiro atoms. The number of hydrogen-bond acceptors (Lipinski definition) is 4. The average Bonchev–Trinajstić information content (AvgIpc) is 3.29. The second-order valence-corrected chi connectivity index (χ2v) is 13.2. The quantitative estimate of drug-likeness (QED) is 0.253. The number of amides is 2. The molecule has 1 saturated carbocycles. The van der Waals surface area contributed by atoms with Crippen LogP contribution in [0.5, 0.6) is 5.75 Å². The maximum atomic E-state index is 14.5. The molecule has 1 heterocycles. The molecule has 2 amide bonds. The lowest BCUT2D eigenvalue weighted by Gasteiger charge is -2.41. The van der Waals surface area contributed by atoms with E-state index in [2.05, 4.69) is 15.9 Å². The topological polar surface area (TPSA) is 63.7 Å². The Morgan fingerprint density at radius 1 is 0.769 bits per heavy atom. The Bertz CT molecular complexity index is 1560. The number of ether oxygens (including phenoxy) is 1. The second kappa shape index (κ2) is 8.25. The zero-order chi connectivity index (χ0) is 28.0. The number of carbonyl (C=O) groups excluding carboxylic acids is 3. The van der Waals surface area contributed by atoms with E-state index in [0.717, 1.165) is 22.3 Å². The zero-order valence-corrected chi connectivity index (χ0v) is 24.2. The molecular formula is C33H30BrNO4. The SMILES string of the molecule is CC(C)(C)Oc1ccc(N2C(=O)C3C4(C)C(=O)C(C)(C(c5ccccc5)=C4c4ccccc4)C3(Br)C2=O)cc1. The molecule has 39 heavy (non-hydrogen) atoms. The first-order valence-corrected chi connectivity index (χ1v) is 13.9. The van der Waals surface area contributed by atoms with Crippen LogP contribution < -0.4 is 9.64 Å². The van der Waals surface area contributed by atoms with E-state index in [-0.39, 0.29) is 17.3 Å². The third-order valence-corrected chi connectivity index (χ3v) is 10.1. The van der Waals surface area contributed by atoms with E-state index in [1.807, 2.05) is 95.3 Å². The van der Waals surface area contributed by atoms with Gasteiger partial charge in [-0.1, -0.05) is 76.6 Å². The lowest BCUT2D eigenvalue weighted by molar-refractivity contribution is -0.133. The number of ketones is 1. The van der Waals surface area contributed by atoms with Gasteiger partial charge >= 0.3 is 0 Å². The Balaban J connectivity index is 1.54. The van der Waals surface area contributed by atoms with E-state index in [9.17, 15) is 14.4 Å². The predicted molar refractivity (Wildman–Crippen MR) is 155 cm³/mol. The van der Waals surface area contributed by atoms with Gasteiger partial charge in [0.25, 0.3) is 5.91 Å². The highest BCUT2D eigenvalue weighted by atomic mass is 79.9. The van der Waals surface area contributed by atoms with Crippen molar-refractivity contribution >= 4 is 50.4 Å². The van der Waals surface area contributed by atoms with Crippen molar-refractivity contribution in [1.82, 2.24) is 0 Å².